The second-order valence-electron chi connectivity index (χ2n) is 8.50. The number of nitrogens with zero attached hydrogens (tertiary/aromatic N) is 1. The maximum atomic E-state index is 11.4. The molecule has 1 saturated carbocycles. The molecule has 11 heteroatoms. The Labute approximate surface area is 199 Å². The molecule has 4 rings (SSSR count). The van der Waals surface area contributed by atoms with Gasteiger partial charge in [0.15, 0.2) is 0 Å². The Kier molecular flexibility index (Phi) is 7.62. The van der Waals surface area contributed by atoms with Gasteiger partial charge in [0, 0.05) is 23.1 Å². The van der Waals surface area contributed by atoms with Crippen LogP contribution in [0.5, 0.6) is 0 Å². The molecular weight excluding hydrogens is 464 g/mol. The first-order chi connectivity index (χ1) is 15.8. The summed E-state index contributed by atoms with van der Waals surface area (Å²) < 4.78 is 32.0. The number of nitrogens with one attached hydrogen (secondary N) is 4. The van der Waals surface area contributed by atoms with Crippen LogP contribution in [0.3, 0.4) is 0 Å². The number of hydrogen-bond donors (Lipinski definition) is 6. The summed E-state index contributed by atoms with van der Waals surface area (Å²) in [6.07, 6.45) is 6.34. The maximum Gasteiger partial charge on any atom is 0.294 e. The highest BCUT2D eigenvalue weighted by Crippen LogP contribution is 2.28. The van der Waals surface area contributed by atoms with E-state index in [0.29, 0.717) is 17.4 Å². The lowest BCUT2D eigenvalue weighted by Crippen LogP contribution is -2.73. The van der Waals surface area contributed by atoms with Crippen molar-refractivity contribution in [1.82, 2.24) is 15.5 Å². The largest absolute Gasteiger partial charge is 0.399 e. The molecule has 1 heterocycles. The van der Waals surface area contributed by atoms with E-state index < -0.39 is 15.7 Å². The Hall–Kier alpha value is -2.08. The van der Waals surface area contributed by atoms with Crippen LogP contribution in [-0.2, 0) is 10.1 Å². The van der Waals surface area contributed by atoms with E-state index in [2.05, 4.69) is 26.2 Å². The Morgan fingerprint density at radius 2 is 1.36 bits per heavy atom. The van der Waals surface area contributed by atoms with Gasteiger partial charge >= 0.3 is 0 Å². The first kappa shape index (κ1) is 24.1. The maximum absolute atomic E-state index is 11.4. The van der Waals surface area contributed by atoms with Crippen molar-refractivity contribution in [3.05, 3.63) is 48.5 Å². The predicted molar refractivity (Wildman–Crippen MR) is 131 cm³/mol. The van der Waals surface area contributed by atoms with Crippen molar-refractivity contribution >= 4 is 38.8 Å². The fourth-order valence-corrected chi connectivity index (χ4v) is 5.19. The van der Waals surface area contributed by atoms with E-state index in [-0.39, 0.29) is 17.5 Å². The molecule has 2 aromatic rings. The molecule has 3 atom stereocenters. The summed E-state index contributed by atoms with van der Waals surface area (Å²) in [4.78, 5) is 2.17. The first-order valence-electron chi connectivity index (χ1n) is 11.2. The highest BCUT2D eigenvalue weighted by molar-refractivity contribution is 7.85. The molecule has 0 bridgehead atoms. The summed E-state index contributed by atoms with van der Waals surface area (Å²) in [6.45, 7) is 0. The molecule has 0 spiro atoms. The fraction of sp³-hybridized carbons (Fsp3) is 0.455. The number of hydrogen-bond acceptors (Lipinski definition) is 8. The van der Waals surface area contributed by atoms with E-state index >= 15 is 0 Å². The van der Waals surface area contributed by atoms with Gasteiger partial charge in [-0.25, -0.2) is 4.90 Å². The van der Waals surface area contributed by atoms with E-state index in [9.17, 15) is 13.0 Å². The topological polar surface area (TPSA) is 132 Å². The molecule has 7 N–H and O–H groups in total. The molecule has 2 aromatic carbocycles. The van der Waals surface area contributed by atoms with Crippen LogP contribution >= 0.6 is 11.6 Å². The zero-order chi connectivity index (χ0) is 23.4. The Bertz CT molecular complexity index is 1010. The number of benzene rings is 2. The molecule has 2 aliphatic rings. The van der Waals surface area contributed by atoms with E-state index in [1.807, 2.05) is 24.3 Å². The lowest BCUT2D eigenvalue weighted by Gasteiger charge is -2.49. The number of nitrogen functional groups attached to an aromatic ring is 1. The van der Waals surface area contributed by atoms with Gasteiger partial charge < -0.3 is 16.4 Å². The Morgan fingerprint density at radius 1 is 0.879 bits per heavy atom. The summed E-state index contributed by atoms with van der Waals surface area (Å²) in [5.41, 5.74) is 7.65. The van der Waals surface area contributed by atoms with E-state index in [4.69, 9.17) is 17.3 Å². The molecule has 180 valence electrons. The molecule has 2 fully saturated rings. The van der Waals surface area contributed by atoms with Crippen LogP contribution in [-0.4, -0.2) is 42.1 Å². The van der Waals surface area contributed by atoms with Crippen LogP contribution in [0.2, 0.25) is 0 Å². The SMILES string of the molecule is Nc1ccc(NC2NC(Cl)NC(Nc3ccc(S(=O)(=O)O)cc3)N2C2CCCCCC2)cc1. The summed E-state index contributed by atoms with van der Waals surface area (Å²) in [5.74, 6) is 0. The van der Waals surface area contributed by atoms with Crippen molar-refractivity contribution in [2.75, 3.05) is 16.4 Å². The molecule has 1 saturated heterocycles. The van der Waals surface area contributed by atoms with Crippen molar-refractivity contribution in [1.29, 1.82) is 0 Å². The lowest BCUT2D eigenvalue weighted by molar-refractivity contribution is 0.0201. The van der Waals surface area contributed by atoms with Crippen molar-refractivity contribution in [3.63, 3.8) is 0 Å². The number of alkyl halides is 1. The fourth-order valence-electron chi connectivity index (χ4n) is 4.47. The number of nitrogens with two attached hydrogens (primary N) is 1. The van der Waals surface area contributed by atoms with Gasteiger partial charge in [0.2, 0.25) is 0 Å². The second-order valence-corrected chi connectivity index (χ2v) is 10.4. The zero-order valence-corrected chi connectivity index (χ0v) is 19.8. The summed E-state index contributed by atoms with van der Waals surface area (Å²) >= 11 is 6.52. The quantitative estimate of drug-likeness (QED) is 0.118. The van der Waals surface area contributed by atoms with Crippen LogP contribution in [0.1, 0.15) is 38.5 Å². The molecule has 0 amide bonds. The van der Waals surface area contributed by atoms with Gasteiger partial charge in [-0.15, -0.1) is 0 Å². The third-order valence-electron chi connectivity index (χ3n) is 6.12. The van der Waals surface area contributed by atoms with Crippen LogP contribution in [0.15, 0.2) is 53.4 Å². The molecule has 0 aromatic heterocycles. The molecule has 0 radical (unpaired) electrons. The van der Waals surface area contributed by atoms with E-state index in [1.165, 1.54) is 25.0 Å². The molecule has 3 unspecified atom stereocenters. The van der Waals surface area contributed by atoms with Gasteiger partial charge in [-0.2, -0.15) is 8.42 Å². The minimum atomic E-state index is -4.24. The number of halogens is 1. The third-order valence-corrected chi connectivity index (χ3v) is 7.24. The van der Waals surface area contributed by atoms with Gasteiger partial charge in [-0.1, -0.05) is 37.3 Å². The van der Waals surface area contributed by atoms with Gasteiger partial charge in [-0.05, 0) is 61.4 Å². The highest BCUT2D eigenvalue weighted by Gasteiger charge is 2.38. The van der Waals surface area contributed by atoms with Crippen LogP contribution in [0, 0.1) is 0 Å². The van der Waals surface area contributed by atoms with Crippen molar-refractivity contribution in [2.45, 2.75) is 67.7 Å². The van der Waals surface area contributed by atoms with Crippen molar-refractivity contribution < 1.29 is 13.0 Å². The third kappa shape index (κ3) is 6.28. The van der Waals surface area contributed by atoms with Crippen molar-refractivity contribution in [2.24, 2.45) is 0 Å². The average molecular weight is 495 g/mol. The smallest absolute Gasteiger partial charge is 0.294 e. The summed E-state index contributed by atoms with van der Waals surface area (Å²) in [7, 11) is -4.24. The molecular formula is C22H31ClN6O3S. The highest BCUT2D eigenvalue weighted by atomic mass is 35.5. The predicted octanol–water partition coefficient (Wildman–Crippen LogP) is 3.35. The Morgan fingerprint density at radius 3 is 1.85 bits per heavy atom. The molecule has 9 nitrogen and oxygen atoms in total. The summed E-state index contributed by atoms with van der Waals surface area (Å²) in [5, 5.41) is 13.7. The minimum Gasteiger partial charge on any atom is -0.399 e. The second kappa shape index (κ2) is 10.5. The van der Waals surface area contributed by atoms with Gasteiger partial charge in [0.05, 0.1) is 4.90 Å². The summed E-state index contributed by atoms with van der Waals surface area (Å²) in [6, 6.07) is 13.9. The number of rotatable bonds is 6. The van der Waals surface area contributed by atoms with Crippen LogP contribution in [0.4, 0.5) is 17.1 Å². The first-order valence-corrected chi connectivity index (χ1v) is 13.1. The monoisotopic (exact) mass is 494 g/mol. The zero-order valence-electron chi connectivity index (χ0n) is 18.2. The molecule has 1 aliphatic heterocycles. The van der Waals surface area contributed by atoms with E-state index in [0.717, 1.165) is 31.4 Å². The molecule has 1 aliphatic carbocycles. The number of anilines is 3. The average Bonchev–Trinajstić information content (AvgIpc) is 3.04. The van der Waals surface area contributed by atoms with Gasteiger partial charge in [0.25, 0.3) is 10.1 Å². The normalized spacial score (nSPS) is 25.3. The lowest BCUT2D eigenvalue weighted by atomic mass is 10.1. The van der Waals surface area contributed by atoms with Crippen LogP contribution < -0.4 is 27.0 Å². The van der Waals surface area contributed by atoms with Gasteiger partial charge in [-0.3, -0.25) is 15.2 Å². The van der Waals surface area contributed by atoms with Crippen LogP contribution in [0.25, 0.3) is 0 Å². The van der Waals surface area contributed by atoms with E-state index in [1.54, 1.807) is 12.1 Å². The standard InChI is InChI=1S/C22H31ClN6O3S/c23-20-27-21(25-16-9-7-15(24)8-10-16)29(18-5-3-1-2-4-6-18)22(28-20)26-17-11-13-19(14-12-17)33(30,31)32/h7-14,18,20-22,25-28H,1-6,24H2,(H,30,31,32). The minimum absolute atomic E-state index is 0.148. The Balaban J connectivity index is 1.59. The van der Waals surface area contributed by atoms with Crippen molar-refractivity contribution in [3.8, 4) is 0 Å². The molecule has 33 heavy (non-hydrogen) atoms. The van der Waals surface area contributed by atoms with Gasteiger partial charge in [0.1, 0.15) is 18.2 Å².